The molecule has 21 heavy (non-hydrogen) atoms. The molecule has 4 heteroatoms. The molecule has 0 fully saturated rings. The van der Waals surface area contributed by atoms with Crippen molar-refractivity contribution in [2.24, 2.45) is 0 Å². The van der Waals surface area contributed by atoms with E-state index in [4.69, 9.17) is 0 Å². The molecule has 1 unspecified atom stereocenters. The summed E-state index contributed by atoms with van der Waals surface area (Å²) in [6, 6.07) is 16.0. The number of hydrogen-bond donors (Lipinski definition) is 1. The number of nitrogens with one attached hydrogen (secondary N) is 1. The fourth-order valence-electron chi connectivity index (χ4n) is 1.84. The van der Waals surface area contributed by atoms with Gasteiger partial charge in [0.05, 0.1) is 5.25 Å². The van der Waals surface area contributed by atoms with E-state index in [2.05, 4.69) is 33.4 Å². The minimum absolute atomic E-state index is 0.0395. The van der Waals surface area contributed by atoms with E-state index in [9.17, 15) is 4.79 Å². The van der Waals surface area contributed by atoms with Gasteiger partial charge in [-0.2, -0.15) is 0 Å². The first-order chi connectivity index (χ1) is 10.1. The van der Waals surface area contributed by atoms with Gasteiger partial charge in [0, 0.05) is 15.9 Å². The maximum atomic E-state index is 12.2. The van der Waals surface area contributed by atoms with Crippen LogP contribution in [-0.2, 0) is 10.5 Å². The molecule has 0 saturated carbocycles. The SMILES string of the molecule is Cc1cc(NC(=O)C(C)SCc2ccccc2)ccc1Br. The van der Waals surface area contributed by atoms with Gasteiger partial charge in [0.15, 0.2) is 0 Å². The maximum Gasteiger partial charge on any atom is 0.237 e. The van der Waals surface area contributed by atoms with Crippen LogP contribution >= 0.6 is 27.7 Å². The van der Waals surface area contributed by atoms with Gasteiger partial charge < -0.3 is 5.32 Å². The Morgan fingerprint density at radius 2 is 1.95 bits per heavy atom. The van der Waals surface area contributed by atoms with Crippen LogP contribution in [-0.4, -0.2) is 11.2 Å². The van der Waals surface area contributed by atoms with E-state index >= 15 is 0 Å². The van der Waals surface area contributed by atoms with Gasteiger partial charge in [0.1, 0.15) is 0 Å². The van der Waals surface area contributed by atoms with Crippen LogP contribution in [0, 0.1) is 6.92 Å². The van der Waals surface area contributed by atoms with Gasteiger partial charge in [-0.15, -0.1) is 11.8 Å². The summed E-state index contributed by atoms with van der Waals surface area (Å²) in [6.07, 6.45) is 0. The molecule has 110 valence electrons. The van der Waals surface area contributed by atoms with E-state index < -0.39 is 0 Å². The van der Waals surface area contributed by atoms with Gasteiger partial charge in [0.2, 0.25) is 5.91 Å². The van der Waals surface area contributed by atoms with Crippen LogP contribution in [0.4, 0.5) is 5.69 Å². The second-order valence-corrected chi connectivity index (χ2v) is 7.08. The van der Waals surface area contributed by atoms with Crippen molar-refractivity contribution in [1.29, 1.82) is 0 Å². The molecule has 2 rings (SSSR count). The predicted octanol–water partition coefficient (Wildman–Crippen LogP) is 5.02. The van der Waals surface area contributed by atoms with E-state index in [1.165, 1.54) is 5.56 Å². The maximum absolute atomic E-state index is 12.2. The Bertz CT molecular complexity index is 615. The zero-order chi connectivity index (χ0) is 15.2. The Labute approximate surface area is 138 Å². The molecule has 1 atom stereocenters. The van der Waals surface area contributed by atoms with Crippen molar-refractivity contribution in [3.63, 3.8) is 0 Å². The van der Waals surface area contributed by atoms with Crippen molar-refractivity contribution < 1.29 is 4.79 Å². The van der Waals surface area contributed by atoms with Crippen LogP contribution in [0.15, 0.2) is 53.0 Å². The molecule has 0 aliphatic carbocycles. The molecule has 0 aliphatic heterocycles. The third-order valence-corrected chi connectivity index (χ3v) is 5.24. The van der Waals surface area contributed by atoms with Crippen molar-refractivity contribution in [3.05, 3.63) is 64.1 Å². The van der Waals surface area contributed by atoms with Crippen LogP contribution in [0.1, 0.15) is 18.1 Å². The number of benzene rings is 2. The number of carbonyl (C=O) groups is 1. The zero-order valence-electron chi connectivity index (χ0n) is 12.1. The Kier molecular flexibility index (Phi) is 5.88. The van der Waals surface area contributed by atoms with Crippen LogP contribution in [0.3, 0.4) is 0 Å². The molecule has 2 aromatic carbocycles. The lowest BCUT2D eigenvalue weighted by Crippen LogP contribution is -2.22. The van der Waals surface area contributed by atoms with E-state index in [0.29, 0.717) is 0 Å². The molecule has 0 saturated heterocycles. The summed E-state index contributed by atoms with van der Waals surface area (Å²) >= 11 is 5.10. The van der Waals surface area contributed by atoms with Crippen LogP contribution in [0.5, 0.6) is 0 Å². The van der Waals surface area contributed by atoms with Crippen molar-refractivity contribution in [1.82, 2.24) is 0 Å². The highest BCUT2D eigenvalue weighted by atomic mass is 79.9. The highest BCUT2D eigenvalue weighted by Gasteiger charge is 2.13. The predicted molar refractivity (Wildman–Crippen MR) is 94.7 cm³/mol. The van der Waals surface area contributed by atoms with Crippen molar-refractivity contribution in [3.8, 4) is 0 Å². The number of rotatable bonds is 5. The molecule has 0 bridgehead atoms. The topological polar surface area (TPSA) is 29.1 Å². The molecule has 0 aliphatic rings. The van der Waals surface area contributed by atoms with Gasteiger partial charge in [-0.05, 0) is 43.2 Å². The first-order valence-electron chi connectivity index (χ1n) is 6.79. The molecular weight excluding hydrogens is 346 g/mol. The second kappa shape index (κ2) is 7.66. The summed E-state index contributed by atoms with van der Waals surface area (Å²) < 4.78 is 1.05. The van der Waals surface area contributed by atoms with Crippen LogP contribution in [0.2, 0.25) is 0 Å². The number of halogens is 1. The number of thioether (sulfide) groups is 1. The normalized spacial score (nSPS) is 12.0. The molecular formula is C17H18BrNOS. The fraction of sp³-hybridized carbons (Fsp3) is 0.235. The zero-order valence-corrected chi connectivity index (χ0v) is 14.5. The molecule has 2 nitrogen and oxygen atoms in total. The summed E-state index contributed by atoms with van der Waals surface area (Å²) in [4.78, 5) is 12.2. The van der Waals surface area contributed by atoms with Gasteiger partial charge in [0.25, 0.3) is 0 Å². The molecule has 1 N–H and O–H groups in total. The molecule has 2 aromatic rings. The Hall–Kier alpha value is -1.26. The fourth-order valence-corrected chi connectivity index (χ4v) is 2.93. The largest absolute Gasteiger partial charge is 0.325 e. The number of hydrogen-bond acceptors (Lipinski definition) is 2. The Morgan fingerprint density at radius 3 is 2.62 bits per heavy atom. The third-order valence-electron chi connectivity index (χ3n) is 3.14. The average Bonchev–Trinajstić information content (AvgIpc) is 2.49. The minimum atomic E-state index is -0.0887. The average molecular weight is 364 g/mol. The second-order valence-electron chi connectivity index (χ2n) is 4.89. The van der Waals surface area contributed by atoms with E-state index in [1.54, 1.807) is 11.8 Å². The van der Waals surface area contributed by atoms with Crippen molar-refractivity contribution >= 4 is 39.3 Å². The summed E-state index contributed by atoms with van der Waals surface area (Å²) in [7, 11) is 0. The monoisotopic (exact) mass is 363 g/mol. The summed E-state index contributed by atoms with van der Waals surface area (Å²) in [5, 5.41) is 2.88. The molecule has 0 aromatic heterocycles. The highest BCUT2D eigenvalue weighted by Crippen LogP contribution is 2.22. The lowest BCUT2D eigenvalue weighted by atomic mass is 10.2. The number of amides is 1. The molecule has 0 radical (unpaired) electrons. The quantitative estimate of drug-likeness (QED) is 0.807. The summed E-state index contributed by atoms with van der Waals surface area (Å²) in [5.41, 5.74) is 3.19. The van der Waals surface area contributed by atoms with Gasteiger partial charge >= 0.3 is 0 Å². The Balaban J connectivity index is 1.89. The van der Waals surface area contributed by atoms with Crippen LogP contribution in [0.25, 0.3) is 0 Å². The number of carbonyl (C=O) groups excluding carboxylic acids is 1. The van der Waals surface area contributed by atoms with Crippen molar-refractivity contribution in [2.45, 2.75) is 24.9 Å². The molecule has 1 amide bonds. The van der Waals surface area contributed by atoms with Crippen molar-refractivity contribution in [2.75, 3.05) is 5.32 Å². The molecule has 0 heterocycles. The lowest BCUT2D eigenvalue weighted by Gasteiger charge is -2.13. The first kappa shape index (κ1) is 16.1. The van der Waals surface area contributed by atoms with E-state index in [-0.39, 0.29) is 11.2 Å². The van der Waals surface area contributed by atoms with Gasteiger partial charge in [-0.3, -0.25) is 4.79 Å². The Morgan fingerprint density at radius 1 is 1.24 bits per heavy atom. The number of anilines is 1. The minimum Gasteiger partial charge on any atom is -0.325 e. The lowest BCUT2D eigenvalue weighted by molar-refractivity contribution is -0.115. The highest BCUT2D eigenvalue weighted by molar-refractivity contribution is 9.10. The first-order valence-corrected chi connectivity index (χ1v) is 8.63. The summed E-state index contributed by atoms with van der Waals surface area (Å²) in [5.74, 6) is 0.882. The molecule has 0 spiro atoms. The summed E-state index contributed by atoms with van der Waals surface area (Å²) in [6.45, 7) is 3.95. The van der Waals surface area contributed by atoms with Gasteiger partial charge in [-0.1, -0.05) is 46.3 Å². The number of aryl methyl sites for hydroxylation is 1. The van der Waals surface area contributed by atoms with Crippen LogP contribution < -0.4 is 5.32 Å². The smallest absolute Gasteiger partial charge is 0.237 e. The third kappa shape index (κ3) is 4.90. The van der Waals surface area contributed by atoms with E-state index in [0.717, 1.165) is 21.5 Å². The van der Waals surface area contributed by atoms with Gasteiger partial charge in [-0.25, -0.2) is 0 Å². The standard InChI is InChI=1S/C17H18BrNOS/c1-12-10-15(8-9-16(12)18)19-17(20)13(2)21-11-14-6-4-3-5-7-14/h3-10,13H,11H2,1-2H3,(H,19,20). The van der Waals surface area contributed by atoms with E-state index in [1.807, 2.05) is 50.2 Å².